The van der Waals surface area contributed by atoms with Crippen LogP contribution in [0.3, 0.4) is 0 Å². The number of carbonyl (C=O) groups is 2. The van der Waals surface area contributed by atoms with Crippen molar-refractivity contribution in [3.63, 3.8) is 0 Å². The second kappa shape index (κ2) is 12.8. The first-order valence-corrected chi connectivity index (χ1v) is 16.0. The number of ether oxygens (including phenoxy) is 5. The van der Waals surface area contributed by atoms with Gasteiger partial charge in [0.25, 0.3) is 0 Å². The Morgan fingerprint density at radius 3 is 1.64 bits per heavy atom. The van der Waals surface area contributed by atoms with Crippen molar-refractivity contribution >= 4 is 22.1 Å². The highest BCUT2D eigenvalue weighted by Crippen LogP contribution is 2.64. The van der Waals surface area contributed by atoms with Gasteiger partial charge in [-0.05, 0) is 38.0 Å². The fourth-order valence-corrected chi connectivity index (χ4v) is 7.21. The van der Waals surface area contributed by atoms with Gasteiger partial charge in [-0.2, -0.15) is 78.7 Å². The van der Waals surface area contributed by atoms with Gasteiger partial charge in [-0.3, -0.25) is 4.55 Å². The number of hydrogen-bond acceptors (Lipinski definition) is 10. The van der Waals surface area contributed by atoms with Gasteiger partial charge in [-0.25, -0.2) is 9.59 Å². The lowest BCUT2D eigenvalue weighted by Gasteiger charge is -2.65. The number of alkyl halides is 16. The molecule has 1 aliphatic heterocycles. The maximum atomic E-state index is 14.0. The minimum atomic E-state index is -7.09. The monoisotopic (exact) mass is 836 g/mol. The van der Waals surface area contributed by atoms with Crippen molar-refractivity contribution in [3.05, 3.63) is 0 Å². The molecule has 4 bridgehead atoms. The Hall–Kier alpha value is -2.43. The summed E-state index contributed by atoms with van der Waals surface area (Å²) in [6.45, 7) is -6.41. The Balaban J connectivity index is 1.58. The van der Waals surface area contributed by atoms with Gasteiger partial charge >= 0.3 is 63.4 Å². The minimum absolute atomic E-state index is 0.0409. The van der Waals surface area contributed by atoms with E-state index in [9.17, 15) is 93.4 Å². The molecule has 1 spiro atoms. The van der Waals surface area contributed by atoms with Crippen LogP contribution >= 0.6 is 0 Å². The summed E-state index contributed by atoms with van der Waals surface area (Å²) in [4.78, 5) is 23.9. The predicted molar refractivity (Wildman–Crippen MR) is 131 cm³/mol. The quantitative estimate of drug-likeness (QED) is 0.120. The molecular formula is C25H24F16O11S. The van der Waals surface area contributed by atoms with E-state index in [0.29, 0.717) is 0 Å². The summed E-state index contributed by atoms with van der Waals surface area (Å²) in [5, 5.41) is 4.08. The van der Waals surface area contributed by atoms with Crippen molar-refractivity contribution in [1.82, 2.24) is 0 Å². The Morgan fingerprint density at radius 1 is 0.736 bits per heavy atom. The van der Waals surface area contributed by atoms with Crippen molar-refractivity contribution in [2.45, 2.75) is 91.1 Å². The number of esters is 2. The van der Waals surface area contributed by atoms with Crippen molar-refractivity contribution in [2.24, 2.45) is 23.2 Å². The molecule has 2 N–H and O–H groups in total. The van der Waals surface area contributed by atoms with E-state index in [1.807, 2.05) is 0 Å². The smallest absolute Gasteiger partial charge is 0.460 e. The summed E-state index contributed by atoms with van der Waals surface area (Å²) >= 11 is 0. The Kier molecular flexibility index (Phi) is 10.5. The van der Waals surface area contributed by atoms with Crippen LogP contribution in [0.1, 0.15) is 32.1 Å². The lowest BCUT2D eigenvalue weighted by Crippen LogP contribution is -2.70. The second-order valence-corrected chi connectivity index (χ2v) is 14.8. The van der Waals surface area contributed by atoms with Crippen LogP contribution in [0.2, 0.25) is 0 Å². The highest BCUT2D eigenvalue weighted by molar-refractivity contribution is 7.87. The molecule has 0 radical (unpaired) electrons. The van der Waals surface area contributed by atoms with Gasteiger partial charge in [0.2, 0.25) is 6.29 Å². The summed E-state index contributed by atoms with van der Waals surface area (Å²) in [5.74, 6) is -38.2. The Bertz CT molecular complexity index is 1520. The van der Waals surface area contributed by atoms with E-state index < -0.39 is 143 Å². The van der Waals surface area contributed by atoms with Crippen molar-refractivity contribution < 1.29 is 122 Å². The molecule has 11 nitrogen and oxygen atoms in total. The third kappa shape index (κ3) is 7.00. The molecule has 1 saturated heterocycles. The normalized spacial score (nSPS) is 32.2. The molecule has 1 heterocycles. The Labute approximate surface area is 284 Å². The second-order valence-electron chi connectivity index (χ2n) is 13.3. The van der Waals surface area contributed by atoms with E-state index in [1.165, 1.54) is 0 Å². The van der Waals surface area contributed by atoms with Gasteiger partial charge in [0, 0.05) is 11.8 Å². The zero-order chi connectivity index (χ0) is 40.9. The van der Waals surface area contributed by atoms with Crippen LogP contribution in [0.15, 0.2) is 0 Å². The molecule has 53 heavy (non-hydrogen) atoms. The predicted octanol–water partition coefficient (Wildman–Crippen LogP) is 4.86. The SMILES string of the molecule is O=C(OCC1(COC(O)C(F)(F)C(F)(F)C(F)(F)F)COC2(OC1)C1CC3CC2CC(OC(=O)C(F)(F)S(=O)(=O)O)(C3)C1)C(F)(F)C(F)(F)C(F)(F)F. The van der Waals surface area contributed by atoms with Crippen LogP contribution in [0, 0.1) is 23.2 Å². The molecule has 0 aromatic rings. The number of halogens is 16. The molecule has 0 amide bonds. The van der Waals surface area contributed by atoms with E-state index in [1.54, 1.807) is 0 Å². The van der Waals surface area contributed by atoms with Gasteiger partial charge in [0.15, 0.2) is 5.79 Å². The van der Waals surface area contributed by atoms with Crippen LogP contribution in [-0.4, -0.2) is 115 Å². The van der Waals surface area contributed by atoms with E-state index in [2.05, 4.69) is 9.47 Å². The fraction of sp³-hybridized carbons (Fsp3) is 0.920. The third-order valence-electron chi connectivity index (χ3n) is 9.50. The maximum Gasteiger partial charge on any atom is 0.465 e. The van der Waals surface area contributed by atoms with E-state index >= 15 is 0 Å². The molecule has 5 rings (SSSR count). The first kappa shape index (κ1) is 43.3. The zero-order valence-electron chi connectivity index (χ0n) is 25.7. The van der Waals surface area contributed by atoms with Crippen LogP contribution in [0.5, 0.6) is 0 Å². The molecule has 28 heteroatoms. The molecule has 4 saturated carbocycles. The maximum absolute atomic E-state index is 14.0. The van der Waals surface area contributed by atoms with Crippen molar-refractivity contribution in [3.8, 4) is 0 Å². The molecule has 3 unspecified atom stereocenters. The molecule has 5 aliphatic rings. The first-order valence-electron chi connectivity index (χ1n) is 14.5. The average molecular weight is 836 g/mol. The summed E-state index contributed by atoms with van der Waals surface area (Å²) in [7, 11) is -6.31. The van der Waals surface area contributed by atoms with Gasteiger partial charge in [0.05, 0.1) is 25.2 Å². The number of carbonyl (C=O) groups excluding carboxylic acids is 2. The molecular weight excluding hydrogens is 812 g/mol. The van der Waals surface area contributed by atoms with Crippen LogP contribution in [0.4, 0.5) is 70.2 Å². The minimum Gasteiger partial charge on any atom is -0.460 e. The summed E-state index contributed by atoms with van der Waals surface area (Å²) in [5.41, 5.74) is -4.59. The fourth-order valence-electron chi connectivity index (χ4n) is 6.96. The Morgan fingerprint density at radius 2 is 1.21 bits per heavy atom. The molecule has 4 aliphatic carbocycles. The molecule has 5 fully saturated rings. The van der Waals surface area contributed by atoms with Crippen LogP contribution in [-0.2, 0) is 43.4 Å². The van der Waals surface area contributed by atoms with Gasteiger partial charge < -0.3 is 28.8 Å². The van der Waals surface area contributed by atoms with Crippen molar-refractivity contribution in [1.29, 1.82) is 0 Å². The van der Waals surface area contributed by atoms with Crippen molar-refractivity contribution in [2.75, 3.05) is 26.4 Å². The zero-order valence-corrected chi connectivity index (χ0v) is 26.5. The highest BCUT2D eigenvalue weighted by atomic mass is 32.2. The highest BCUT2D eigenvalue weighted by Gasteiger charge is 2.78. The summed E-state index contributed by atoms with van der Waals surface area (Å²) in [6.07, 6.45) is -19.5. The lowest BCUT2D eigenvalue weighted by molar-refractivity contribution is -0.411. The van der Waals surface area contributed by atoms with E-state index in [0.717, 1.165) is 0 Å². The topological polar surface area (TPSA) is 155 Å². The largest absolute Gasteiger partial charge is 0.465 e. The van der Waals surface area contributed by atoms with Crippen LogP contribution in [0.25, 0.3) is 0 Å². The van der Waals surface area contributed by atoms with E-state index in [4.69, 9.17) is 18.8 Å². The number of aliphatic hydroxyl groups excluding tert-OH is 1. The lowest BCUT2D eigenvalue weighted by atomic mass is 9.51. The number of hydrogen-bond donors (Lipinski definition) is 2. The van der Waals surface area contributed by atoms with E-state index in [-0.39, 0.29) is 19.3 Å². The van der Waals surface area contributed by atoms with Gasteiger partial charge in [-0.1, -0.05) is 0 Å². The number of rotatable bonds is 12. The number of aliphatic hydroxyl groups is 1. The molecule has 3 atom stereocenters. The first-order chi connectivity index (χ1) is 23.5. The molecule has 0 aromatic carbocycles. The van der Waals surface area contributed by atoms with Gasteiger partial charge in [0.1, 0.15) is 12.2 Å². The molecule has 308 valence electrons. The average Bonchev–Trinajstić information content (AvgIpc) is 2.99. The standard InChI is InChI=1S/C25H24F16O11S/c26-19(27,22(32,33)24(36,37)38)13(42)48-6-16(7-49-14(43)20(28,29)23(34,35)25(39,40)41)8-50-18(51-9-16)11-1-10-2-12(18)5-17(3-10,4-11)52-15(44)21(30,31)53(45,46)47/h10-13,42H,1-9H2,(H,45,46,47). The molecule has 0 aromatic heterocycles. The van der Waals surface area contributed by atoms with Crippen LogP contribution < -0.4 is 0 Å². The third-order valence-corrected chi connectivity index (χ3v) is 10.3. The summed E-state index contributed by atoms with van der Waals surface area (Å²) < 4.78 is 268. The van der Waals surface area contributed by atoms with Gasteiger partial charge in [-0.15, -0.1) is 0 Å². The summed E-state index contributed by atoms with van der Waals surface area (Å²) in [6, 6.07) is 0.